The first-order valence-corrected chi connectivity index (χ1v) is 6.67. The van der Waals surface area contributed by atoms with Gasteiger partial charge in [-0.05, 0) is 37.8 Å². The standard InChI is InChI=1S/C16H19NO/c1-10-8-11(2)16-14(9-10)13-6-4-5-7-15(13)17(16)12(3)18/h4,6,8-9,13,15H,5,7H2,1-3H3/t13-,15-/m1/s1. The summed E-state index contributed by atoms with van der Waals surface area (Å²) in [6.07, 6.45) is 6.70. The van der Waals surface area contributed by atoms with Crippen molar-refractivity contribution in [2.45, 2.75) is 45.6 Å². The Bertz CT molecular complexity index is 544. The van der Waals surface area contributed by atoms with E-state index in [-0.39, 0.29) is 5.91 Å². The van der Waals surface area contributed by atoms with Crippen molar-refractivity contribution in [1.82, 2.24) is 0 Å². The molecule has 0 saturated heterocycles. The molecular weight excluding hydrogens is 222 g/mol. The smallest absolute Gasteiger partial charge is 0.224 e. The SMILES string of the molecule is CC(=O)N1c2c(C)cc(C)cc2[C@H]2C=CCC[C@H]21. The molecule has 0 radical (unpaired) electrons. The Kier molecular flexibility index (Phi) is 2.54. The molecule has 94 valence electrons. The van der Waals surface area contributed by atoms with Crippen LogP contribution in [0.4, 0.5) is 5.69 Å². The topological polar surface area (TPSA) is 20.3 Å². The van der Waals surface area contributed by atoms with E-state index >= 15 is 0 Å². The Hall–Kier alpha value is -1.57. The molecule has 1 aliphatic carbocycles. The fourth-order valence-corrected chi connectivity index (χ4v) is 3.55. The van der Waals surface area contributed by atoms with Crippen LogP contribution in [0, 0.1) is 13.8 Å². The summed E-state index contributed by atoms with van der Waals surface area (Å²) in [5.74, 6) is 0.572. The zero-order valence-electron chi connectivity index (χ0n) is 11.2. The van der Waals surface area contributed by atoms with Crippen LogP contribution < -0.4 is 4.90 Å². The van der Waals surface area contributed by atoms with Crippen molar-refractivity contribution >= 4 is 11.6 Å². The van der Waals surface area contributed by atoms with Crippen LogP contribution in [0.15, 0.2) is 24.3 Å². The molecule has 0 N–H and O–H groups in total. The number of nitrogens with zero attached hydrogens (tertiary/aromatic N) is 1. The van der Waals surface area contributed by atoms with E-state index < -0.39 is 0 Å². The number of carbonyl (C=O) groups is 1. The van der Waals surface area contributed by atoms with Crippen LogP contribution in [0.3, 0.4) is 0 Å². The van der Waals surface area contributed by atoms with Crippen LogP contribution in [0.25, 0.3) is 0 Å². The number of carbonyl (C=O) groups excluding carboxylic acids is 1. The molecule has 3 rings (SSSR count). The summed E-state index contributed by atoms with van der Waals surface area (Å²) in [4.78, 5) is 14.0. The van der Waals surface area contributed by atoms with Gasteiger partial charge in [0.25, 0.3) is 0 Å². The molecule has 0 unspecified atom stereocenters. The quantitative estimate of drug-likeness (QED) is 0.637. The summed E-state index contributed by atoms with van der Waals surface area (Å²) in [6.45, 7) is 5.93. The van der Waals surface area contributed by atoms with E-state index in [9.17, 15) is 4.79 Å². The minimum atomic E-state index is 0.172. The third-order valence-corrected chi connectivity index (χ3v) is 4.13. The van der Waals surface area contributed by atoms with Gasteiger partial charge in [-0.25, -0.2) is 0 Å². The molecular formula is C16H19NO. The van der Waals surface area contributed by atoms with Crippen LogP contribution in [-0.4, -0.2) is 11.9 Å². The van der Waals surface area contributed by atoms with E-state index in [2.05, 4.69) is 38.1 Å². The molecule has 18 heavy (non-hydrogen) atoms. The number of fused-ring (bicyclic) bond motifs is 3. The largest absolute Gasteiger partial charge is 0.308 e. The summed E-state index contributed by atoms with van der Waals surface area (Å²) in [6, 6.07) is 4.76. The van der Waals surface area contributed by atoms with Crippen molar-refractivity contribution in [3.63, 3.8) is 0 Å². The molecule has 1 amide bonds. The Morgan fingerprint density at radius 2 is 2.11 bits per heavy atom. The molecule has 0 fully saturated rings. The maximum Gasteiger partial charge on any atom is 0.224 e. The summed E-state index contributed by atoms with van der Waals surface area (Å²) in [7, 11) is 0. The second kappa shape index (κ2) is 3.98. The highest BCUT2D eigenvalue weighted by atomic mass is 16.2. The predicted molar refractivity (Wildman–Crippen MR) is 74.0 cm³/mol. The molecule has 0 saturated carbocycles. The van der Waals surface area contributed by atoms with Crippen molar-refractivity contribution in [1.29, 1.82) is 0 Å². The van der Waals surface area contributed by atoms with Crippen LogP contribution in [0.1, 0.15) is 42.4 Å². The van der Waals surface area contributed by atoms with E-state index in [0.717, 1.165) is 18.5 Å². The Labute approximate surface area is 108 Å². The van der Waals surface area contributed by atoms with Crippen LogP contribution in [0.5, 0.6) is 0 Å². The lowest BCUT2D eigenvalue weighted by atomic mass is 9.87. The lowest BCUT2D eigenvalue weighted by Crippen LogP contribution is -2.38. The molecule has 2 nitrogen and oxygen atoms in total. The summed E-state index contributed by atoms with van der Waals surface area (Å²) in [5.41, 5.74) is 5.01. The first-order chi connectivity index (χ1) is 8.59. The van der Waals surface area contributed by atoms with Crippen LogP contribution in [-0.2, 0) is 4.79 Å². The molecule has 0 spiro atoms. The van der Waals surface area contributed by atoms with Crippen molar-refractivity contribution in [2.24, 2.45) is 0 Å². The van der Waals surface area contributed by atoms with Crippen LogP contribution in [0.2, 0.25) is 0 Å². The Morgan fingerprint density at radius 3 is 2.83 bits per heavy atom. The predicted octanol–water partition coefficient (Wildman–Crippen LogP) is 3.47. The number of hydrogen-bond donors (Lipinski definition) is 0. The number of anilines is 1. The zero-order valence-corrected chi connectivity index (χ0v) is 11.2. The van der Waals surface area contributed by atoms with Gasteiger partial charge in [0.05, 0.1) is 5.69 Å². The molecule has 0 bridgehead atoms. The lowest BCUT2D eigenvalue weighted by Gasteiger charge is -2.29. The normalized spacial score (nSPS) is 24.9. The first kappa shape index (κ1) is 11.5. The van der Waals surface area contributed by atoms with Gasteiger partial charge in [-0.3, -0.25) is 4.79 Å². The minimum Gasteiger partial charge on any atom is -0.308 e. The highest BCUT2D eigenvalue weighted by Crippen LogP contribution is 2.47. The summed E-state index contributed by atoms with van der Waals surface area (Å²) in [5, 5.41) is 0. The summed E-state index contributed by atoms with van der Waals surface area (Å²) < 4.78 is 0. The Balaban J connectivity index is 2.22. The molecule has 2 heteroatoms. The second-order valence-corrected chi connectivity index (χ2v) is 5.51. The van der Waals surface area contributed by atoms with Gasteiger partial charge in [-0.15, -0.1) is 0 Å². The van der Waals surface area contributed by atoms with Gasteiger partial charge in [0.2, 0.25) is 5.91 Å². The number of hydrogen-bond acceptors (Lipinski definition) is 1. The molecule has 1 aromatic rings. The van der Waals surface area contributed by atoms with Gasteiger partial charge in [0, 0.05) is 18.9 Å². The number of amides is 1. The van der Waals surface area contributed by atoms with Crippen molar-refractivity contribution in [3.8, 4) is 0 Å². The van der Waals surface area contributed by atoms with Gasteiger partial charge in [-0.1, -0.05) is 29.8 Å². The van der Waals surface area contributed by atoms with Gasteiger partial charge >= 0.3 is 0 Å². The number of allylic oxidation sites excluding steroid dienone is 1. The summed E-state index contributed by atoms with van der Waals surface area (Å²) >= 11 is 0. The van der Waals surface area contributed by atoms with E-state index in [0.29, 0.717) is 12.0 Å². The zero-order chi connectivity index (χ0) is 12.9. The molecule has 1 aliphatic heterocycles. The van der Waals surface area contributed by atoms with Gasteiger partial charge in [0.15, 0.2) is 0 Å². The maximum atomic E-state index is 12.0. The average Bonchev–Trinajstić information content (AvgIpc) is 2.64. The molecule has 1 aromatic carbocycles. The van der Waals surface area contributed by atoms with E-state index in [4.69, 9.17) is 0 Å². The molecule has 2 aliphatic rings. The molecule has 0 aromatic heterocycles. The number of rotatable bonds is 0. The number of benzene rings is 1. The maximum absolute atomic E-state index is 12.0. The van der Waals surface area contributed by atoms with Gasteiger partial charge < -0.3 is 4.90 Å². The van der Waals surface area contributed by atoms with Crippen molar-refractivity contribution < 1.29 is 4.79 Å². The first-order valence-electron chi connectivity index (χ1n) is 6.67. The monoisotopic (exact) mass is 241 g/mol. The van der Waals surface area contributed by atoms with E-state index in [1.54, 1.807) is 6.92 Å². The second-order valence-electron chi connectivity index (χ2n) is 5.51. The van der Waals surface area contributed by atoms with Crippen molar-refractivity contribution in [3.05, 3.63) is 41.0 Å². The van der Waals surface area contributed by atoms with Crippen LogP contribution >= 0.6 is 0 Å². The van der Waals surface area contributed by atoms with E-state index in [1.165, 1.54) is 16.7 Å². The average molecular weight is 241 g/mol. The minimum absolute atomic E-state index is 0.172. The van der Waals surface area contributed by atoms with Gasteiger partial charge in [-0.2, -0.15) is 0 Å². The molecule has 1 heterocycles. The van der Waals surface area contributed by atoms with Gasteiger partial charge in [0.1, 0.15) is 0 Å². The molecule has 2 atom stereocenters. The number of aryl methyl sites for hydroxylation is 2. The Morgan fingerprint density at radius 1 is 1.33 bits per heavy atom. The fraction of sp³-hybridized carbons (Fsp3) is 0.438. The van der Waals surface area contributed by atoms with E-state index in [1.807, 2.05) is 4.90 Å². The van der Waals surface area contributed by atoms with Crippen molar-refractivity contribution in [2.75, 3.05) is 4.90 Å². The lowest BCUT2D eigenvalue weighted by molar-refractivity contribution is -0.117. The fourth-order valence-electron chi connectivity index (χ4n) is 3.55. The third-order valence-electron chi connectivity index (χ3n) is 4.13. The highest BCUT2D eigenvalue weighted by Gasteiger charge is 2.40. The third kappa shape index (κ3) is 1.52. The highest BCUT2D eigenvalue weighted by molar-refractivity contribution is 5.96.